The molecule has 0 spiro atoms. The Morgan fingerprint density at radius 1 is 1.42 bits per heavy atom. The summed E-state index contributed by atoms with van der Waals surface area (Å²) in [5, 5.41) is 10.3. The molecule has 1 aliphatic rings. The lowest BCUT2D eigenvalue weighted by Crippen LogP contribution is -2.53. The molecule has 0 radical (unpaired) electrons. The molecule has 1 aromatic rings. The minimum Gasteiger partial charge on any atom is -0.352 e. The normalized spacial score (nSPS) is 23.0. The van der Waals surface area contributed by atoms with Gasteiger partial charge in [0.05, 0.1) is 17.4 Å². The first-order chi connectivity index (χ1) is 11.1. The van der Waals surface area contributed by atoms with E-state index in [9.17, 15) is 13.2 Å². The summed E-state index contributed by atoms with van der Waals surface area (Å²) in [7, 11) is -2.12. The Morgan fingerprint density at radius 2 is 2.08 bits per heavy atom. The molecule has 8 nitrogen and oxygen atoms in total. The van der Waals surface area contributed by atoms with Crippen LogP contribution in [0.3, 0.4) is 0 Å². The Morgan fingerprint density at radius 3 is 2.62 bits per heavy atom. The molecular weight excluding hydrogens is 330 g/mol. The zero-order valence-electron chi connectivity index (χ0n) is 14.9. The summed E-state index contributed by atoms with van der Waals surface area (Å²) in [5.74, 6) is 0.00541. The van der Waals surface area contributed by atoms with E-state index in [0.717, 1.165) is 19.5 Å². The van der Waals surface area contributed by atoms with Crippen LogP contribution in [0.5, 0.6) is 0 Å². The molecule has 0 aliphatic carbocycles. The molecule has 1 saturated heterocycles. The van der Waals surface area contributed by atoms with Crippen LogP contribution in [-0.4, -0.2) is 49.3 Å². The quantitative estimate of drug-likeness (QED) is 0.678. The number of sulfonamides is 1. The maximum absolute atomic E-state index is 12.6. The first kappa shape index (κ1) is 18.9. The van der Waals surface area contributed by atoms with E-state index in [2.05, 4.69) is 27.4 Å². The van der Waals surface area contributed by atoms with E-state index in [4.69, 9.17) is 0 Å². The molecule has 3 unspecified atom stereocenters. The highest BCUT2D eigenvalue weighted by Gasteiger charge is 2.30. The maximum atomic E-state index is 12.6. The minimum absolute atomic E-state index is 0.0626. The van der Waals surface area contributed by atoms with Gasteiger partial charge in [-0.1, -0.05) is 6.92 Å². The summed E-state index contributed by atoms with van der Waals surface area (Å²) in [6.45, 7) is 8.65. The van der Waals surface area contributed by atoms with Crippen molar-refractivity contribution in [3.8, 4) is 0 Å². The van der Waals surface area contributed by atoms with E-state index < -0.39 is 16.1 Å². The summed E-state index contributed by atoms with van der Waals surface area (Å²) in [6, 6.07) is -0.788. The molecule has 0 bridgehead atoms. The van der Waals surface area contributed by atoms with Gasteiger partial charge in [0.25, 0.3) is 0 Å². The lowest BCUT2D eigenvalue weighted by atomic mass is 9.95. The van der Waals surface area contributed by atoms with Gasteiger partial charge < -0.3 is 10.6 Å². The van der Waals surface area contributed by atoms with Crippen LogP contribution in [0.4, 0.5) is 0 Å². The highest BCUT2D eigenvalue weighted by molar-refractivity contribution is 7.89. The second-order valence-electron chi connectivity index (χ2n) is 6.55. The second kappa shape index (κ2) is 7.20. The van der Waals surface area contributed by atoms with Crippen LogP contribution < -0.4 is 15.4 Å². The van der Waals surface area contributed by atoms with Crippen LogP contribution in [0.1, 0.15) is 31.7 Å². The lowest BCUT2D eigenvalue weighted by molar-refractivity contribution is -0.123. The fourth-order valence-electron chi connectivity index (χ4n) is 3.02. The Balaban J connectivity index is 2.07. The van der Waals surface area contributed by atoms with E-state index in [1.165, 1.54) is 4.68 Å². The average molecular weight is 357 g/mol. The molecule has 0 aromatic carbocycles. The van der Waals surface area contributed by atoms with Crippen LogP contribution >= 0.6 is 0 Å². The predicted octanol–water partition coefficient (Wildman–Crippen LogP) is -0.182. The van der Waals surface area contributed by atoms with Crippen LogP contribution in [0.2, 0.25) is 0 Å². The van der Waals surface area contributed by atoms with Crippen molar-refractivity contribution in [1.29, 1.82) is 0 Å². The number of piperidine rings is 1. The number of nitrogens with zero attached hydrogens (tertiary/aromatic N) is 2. The summed E-state index contributed by atoms with van der Waals surface area (Å²) in [6.07, 6.45) is 0.840. The lowest BCUT2D eigenvalue weighted by Gasteiger charge is -2.31. The summed E-state index contributed by atoms with van der Waals surface area (Å²) < 4.78 is 29.2. The molecule has 1 fully saturated rings. The van der Waals surface area contributed by atoms with Gasteiger partial charge in [-0.25, -0.2) is 8.42 Å². The van der Waals surface area contributed by atoms with E-state index in [1.807, 2.05) is 0 Å². The zero-order valence-corrected chi connectivity index (χ0v) is 15.7. The number of rotatable bonds is 5. The Hall–Kier alpha value is -1.45. The number of aryl methyl sites for hydroxylation is 2. The van der Waals surface area contributed by atoms with Crippen molar-refractivity contribution in [2.24, 2.45) is 13.0 Å². The van der Waals surface area contributed by atoms with Gasteiger partial charge >= 0.3 is 0 Å². The van der Waals surface area contributed by atoms with E-state index >= 15 is 0 Å². The van der Waals surface area contributed by atoms with Gasteiger partial charge in [-0.2, -0.15) is 9.82 Å². The van der Waals surface area contributed by atoms with E-state index in [1.54, 1.807) is 27.8 Å². The first-order valence-electron chi connectivity index (χ1n) is 8.17. The largest absolute Gasteiger partial charge is 0.352 e. The summed E-state index contributed by atoms with van der Waals surface area (Å²) >= 11 is 0. The average Bonchev–Trinajstić information content (AvgIpc) is 2.74. The fourth-order valence-corrected chi connectivity index (χ4v) is 4.67. The van der Waals surface area contributed by atoms with Gasteiger partial charge in [0.1, 0.15) is 4.90 Å². The molecule has 1 aromatic heterocycles. The molecule has 1 amide bonds. The van der Waals surface area contributed by atoms with Crippen LogP contribution in [0.15, 0.2) is 4.90 Å². The molecule has 136 valence electrons. The molecule has 1 aliphatic heterocycles. The van der Waals surface area contributed by atoms with Crippen LogP contribution in [0, 0.1) is 19.8 Å². The molecule has 9 heteroatoms. The number of hydrogen-bond donors (Lipinski definition) is 3. The Labute approximate surface area is 143 Å². The van der Waals surface area contributed by atoms with Gasteiger partial charge in [-0.15, -0.1) is 0 Å². The number of hydrogen-bond acceptors (Lipinski definition) is 5. The molecule has 3 N–H and O–H groups in total. The summed E-state index contributed by atoms with van der Waals surface area (Å²) in [5.41, 5.74) is 0.960. The fraction of sp³-hybridized carbons (Fsp3) is 0.733. The topological polar surface area (TPSA) is 105 Å². The van der Waals surface area contributed by atoms with Crippen molar-refractivity contribution in [3.05, 3.63) is 11.4 Å². The molecular formula is C15H27N5O3S. The number of aromatic nitrogens is 2. The number of carbonyl (C=O) groups excluding carboxylic acids is 1. The van der Waals surface area contributed by atoms with Crippen molar-refractivity contribution < 1.29 is 13.2 Å². The van der Waals surface area contributed by atoms with Gasteiger partial charge in [-0.05, 0) is 46.2 Å². The van der Waals surface area contributed by atoms with Crippen molar-refractivity contribution in [2.75, 3.05) is 13.1 Å². The smallest absolute Gasteiger partial charge is 0.244 e. The van der Waals surface area contributed by atoms with Gasteiger partial charge in [-0.3, -0.25) is 9.48 Å². The maximum Gasteiger partial charge on any atom is 0.244 e. The predicted molar refractivity (Wildman–Crippen MR) is 91.0 cm³/mol. The minimum atomic E-state index is -3.81. The third kappa shape index (κ3) is 3.96. The van der Waals surface area contributed by atoms with E-state index in [-0.39, 0.29) is 16.8 Å². The van der Waals surface area contributed by atoms with Crippen LogP contribution in [0.25, 0.3) is 0 Å². The Bertz CT molecular complexity index is 713. The monoisotopic (exact) mass is 357 g/mol. The van der Waals surface area contributed by atoms with E-state index in [0.29, 0.717) is 17.3 Å². The third-order valence-corrected chi connectivity index (χ3v) is 6.34. The zero-order chi connectivity index (χ0) is 18.1. The van der Waals surface area contributed by atoms with Gasteiger partial charge in [0.2, 0.25) is 15.9 Å². The van der Waals surface area contributed by atoms with Crippen molar-refractivity contribution >= 4 is 15.9 Å². The molecule has 0 saturated carbocycles. The van der Waals surface area contributed by atoms with Crippen molar-refractivity contribution in [3.63, 3.8) is 0 Å². The molecule has 3 atom stereocenters. The SMILES string of the molecule is Cc1nn(C)c(C)c1S(=O)(=O)NC(C)C(=O)NC1CCNCC1C. The van der Waals surface area contributed by atoms with Crippen molar-refractivity contribution in [2.45, 2.75) is 51.1 Å². The third-order valence-electron chi connectivity index (χ3n) is 4.55. The first-order valence-corrected chi connectivity index (χ1v) is 9.65. The number of nitrogens with one attached hydrogen (secondary N) is 3. The molecule has 2 rings (SSSR count). The second-order valence-corrected chi connectivity index (χ2v) is 8.20. The molecule has 2 heterocycles. The molecule has 24 heavy (non-hydrogen) atoms. The van der Waals surface area contributed by atoms with Gasteiger partial charge in [0.15, 0.2) is 0 Å². The Kier molecular flexibility index (Phi) is 5.67. The standard InChI is InChI=1S/C15H27N5O3S/c1-9-8-16-7-6-13(9)17-15(21)11(3)19-24(22,23)14-10(2)18-20(5)12(14)4/h9,11,13,16,19H,6-8H2,1-5H3,(H,17,21). The summed E-state index contributed by atoms with van der Waals surface area (Å²) in [4.78, 5) is 12.5. The number of amides is 1. The van der Waals surface area contributed by atoms with Crippen molar-refractivity contribution in [1.82, 2.24) is 25.1 Å². The van der Waals surface area contributed by atoms with Gasteiger partial charge in [0, 0.05) is 13.1 Å². The highest BCUT2D eigenvalue weighted by atomic mass is 32.2. The highest BCUT2D eigenvalue weighted by Crippen LogP contribution is 2.18. The van der Waals surface area contributed by atoms with Crippen LogP contribution in [-0.2, 0) is 21.9 Å². The number of carbonyl (C=O) groups is 1.